The second-order valence-electron chi connectivity index (χ2n) is 11.2. The van der Waals surface area contributed by atoms with E-state index in [-0.39, 0.29) is 0 Å². The molecule has 0 amide bonds. The smallest absolute Gasteiger partial charge is 0.0783 e. The van der Waals surface area contributed by atoms with Gasteiger partial charge in [-0.25, -0.2) is 0 Å². The predicted molar refractivity (Wildman–Crippen MR) is 172 cm³/mol. The van der Waals surface area contributed by atoms with Crippen LogP contribution in [0.4, 0.5) is 0 Å². The quantitative estimate of drug-likeness (QED) is 0.214. The molecule has 0 saturated heterocycles. The SMILES string of the molecule is Cc1cccc(-c2ccc(C)c3cc(-c4ccc(-c5ccc6c(ccc7cc(C)ccc76)c5)cc4C)cnc23)c1. The highest BCUT2D eigenvalue weighted by molar-refractivity contribution is 6.08. The number of fused-ring (bicyclic) bond motifs is 4. The molecule has 0 spiro atoms. The third kappa shape index (κ3) is 4.15. The maximum absolute atomic E-state index is 5.01. The lowest BCUT2D eigenvalue weighted by Crippen LogP contribution is -1.92. The molecule has 0 aliphatic heterocycles. The first-order valence-corrected chi connectivity index (χ1v) is 14.0. The summed E-state index contributed by atoms with van der Waals surface area (Å²) in [7, 11) is 0. The first-order chi connectivity index (χ1) is 19.4. The van der Waals surface area contributed by atoms with Crippen LogP contribution in [0, 0.1) is 27.7 Å². The molecule has 7 aromatic rings. The fourth-order valence-electron chi connectivity index (χ4n) is 6.09. The van der Waals surface area contributed by atoms with Gasteiger partial charge in [-0.2, -0.15) is 0 Å². The zero-order chi connectivity index (χ0) is 27.4. The van der Waals surface area contributed by atoms with Crippen LogP contribution in [0.25, 0.3) is 65.8 Å². The van der Waals surface area contributed by atoms with E-state index in [4.69, 9.17) is 4.98 Å². The van der Waals surface area contributed by atoms with Crippen LogP contribution in [0.3, 0.4) is 0 Å². The molecule has 0 saturated carbocycles. The van der Waals surface area contributed by atoms with Gasteiger partial charge in [-0.05, 0) is 94.8 Å². The minimum atomic E-state index is 1.06. The van der Waals surface area contributed by atoms with E-state index in [1.807, 2.05) is 6.20 Å². The monoisotopic (exact) mass is 513 g/mol. The lowest BCUT2D eigenvalue weighted by molar-refractivity contribution is 1.37. The molecule has 0 aliphatic carbocycles. The molecule has 0 radical (unpaired) electrons. The van der Waals surface area contributed by atoms with Crippen LogP contribution in [0.2, 0.25) is 0 Å². The highest BCUT2D eigenvalue weighted by Crippen LogP contribution is 2.35. The van der Waals surface area contributed by atoms with Gasteiger partial charge in [0.05, 0.1) is 5.52 Å². The molecule has 0 N–H and O–H groups in total. The van der Waals surface area contributed by atoms with E-state index in [0.29, 0.717) is 0 Å². The van der Waals surface area contributed by atoms with Gasteiger partial charge in [0.1, 0.15) is 0 Å². The molecule has 0 unspecified atom stereocenters. The Morgan fingerprint density at radius 3 is 1.93 bits per heavy atom. The highest BCUT2D eigenvalue weighted by atomic mass is 14.7. The lowest BCUT2D eigenvalue weighted by atomic mass is 9.92. The molecular weight excluding hydrogens is 482 g/mol. The third-order valence-corrected chi connectivity index (χ3v) is 8.26. The molecule has 40 heavy (non-hydrogen) atoms. The summed E-state index contributed by atoms with van der Waals surface area (Å²) in [6, 6.07) is 40.2. The number of hydrogen-bond donors (Lipinski definition) is 0. The second kappa shape index (κ2) is 9.47. The van der Waals surface area contributed by atoms with Gasteiger partial charge in [0, 0.05) is 22.7 Å². The van der Waals surface area contributed by atoms with Crippen LogP contribution < -0.4 is 0 Å². The minimum absolute atomic E-state index is 1.06. The Morgan fingerprint density at radius 2 is 1.12 bits per heavy atom. The van der Waals surface area contributed by atoms with Crippen LogP contribution in [0.5, 0.6) is 0 Å². The number of benzene rings is 6. The zero-order valence-electron chi connectivity index (χ0n) is 23.4. The van der Waals surface area contributed by atoms with E-state index in [9.17, 15) is 0 Å². The van der Waals surface area contributed by atoms with Crippen molar-refractivity contribution >= 4 is 32.4 Å². The van der Waals surface area contributed by atoms with Crippen molar-refractivity contribution in [3.63, 3.8) is 0 Å². The van der Waals surface area contributed by atoms with Crippen LogP contribution in [0.15, 0.2) is 115 Å². The molecule has 7 rings (SSSR count). The van der Waals surface area contributed by atoms with Gasteiger partial charge >= 0.3 is 0 Å². The Balaban J connectivity index is 1.28. The molecular formula is C39H31N. The van der Waals surface area contributed by atoms with Crippen molar-refractivity contribution in [3.8, 4) is 33.4 Å². The van der Waals surface area contributed by atoms with Crippen molar-refractivity contribution in [2.45, 2.75) is 27.7 Å². The maximum atomic E-state index is 5.01. The van der Waals surface area contributed by atoms with E-state index in [0.717, 1.165) is 11.1 Å². The van der Waals surface area contributed by atoms with Crippen molar-refractivity contribution in [3.05, 3.63) is 138 Å². The number of pyridine rings is 1. The molecule has 1 heterocycles. The summed E-state index contributed by atoms with van der Waals surface area (Å²) in [6.45, 7) is 8.67. The maximum Gasteiger partial charge on any atom is 0.0783 e. The van der Waals surface area contributed by atoms with Crippen molar-refractivity contribution in [2.24, 2.45) is 0 Å². The van der Waals surface area contributed by atoms with Crippen molar-refractivity contribution in [2.75, 3.05) is 0 Å². The molecule has 192 valence electrons. The molecule has 1 nitrogen and oxygen atoms in total. The molecule has 1 aromatic heterocycles. The van der Waals surface area contributed by atoms with Gasteiger partial charge in [0.2, 0.25) is 0 Å². The van der Waals surface area contributed by atoms with Crippen molar-refractivity contribution < 1.29 is 0 Å². The second-order valence-corrected chi connectivity index (χ2v) is 11.2. The number of hydrogen-bond acceptors (Lipinski definition) is 1. The molecule has 0 aliphatic rings. The summed E-state index contributed by atoms with van der Waals surface area (Å²) < 4.78 is 0. The van der Waals surface area contributed by atoms with Gasteiger partial charge in [-0.1, -0.05) is 108 Å². The Bertz CT molecular complexity index is 2100. The summed E-state index contributed by atoms with van der Waals surface area (Å²) >= 11 is 0. The zero-order valence-corrected chi connectivity index (χ0v) is 23.4. The highest BCUT2D eigenvalue weighted by Gasteiger charge is 2.12. The van der Waals surface area contributed by atoms with Gasteiger partial charge in [-0.3, -0.25) is 4.98 Å². The van der Waals surface area contributed by atoms with Gasteiger partial charge < -0.3 is 0 Å². The topological polar surface area (TPSA) is 12.9 Å². The van der Waals surface area contributed by atoms with E-state index in [1.54, 1.807) is 0 Å². The predicted octanol–water partition coefficient (Wildman–Crippen LogP) is 10.8. The van der Waals surface area contributed by atoms with Crippen LogP contribution in [0.1, 0.15) is 22.3 Å². The Morgan fingerprint density at radius 1 is 0.425 bits per heavy atom. The van der Waals surface area contributed by atoms with Crippen LogP contribution in [-0.4, -0.2) is 4.98 Å². The third-order valence-electron chi connectivity index (χ3n) is 8.26. The van der Waals surface area contributed by atoms with E-state index in [2.05, 4.69) is 137 Å². The largest absolute Gasteiger partial charge is 0.255 e. The fourth-order valence-corrected chi connectivity index (χ4v) is 6.09. The molecule has 6 aromatic carbocycles. The molecule has 0 fully saturated rings. The Labute approximate surface area is 235 Å². The number of aromatic nitrogens is 1. The average molecular weight is 514 g/mol. The summed E-state index contributed by atoms with van der Waals surface area (Å²) in [5, 5.41) is 6.39. The molecule has 0 atom stereocenters. The first-order valence-electron chi connectivity index (χ1n) is 14.0. The van der Waals surface area contributed by atoms with Crippen molar-refractivity contribution in [1.29, 1.82) is 0 Å². The van der Waals surface area contributed by atoms with E-state index < -0.39 is 0 Å². The Hall–Kier alpha value is -4.75. The fraction of sp³-hybridized carbons (Fsp3) is 0.103. The van der Waals surface area contributed by atoms with Gasteiger partial charge in [0.15, 0.2) is 0 Å². The summed E-state index contributed by atoms with van der Waals surface area (Å²) in [5.74, 6) is 0. The number of rotatable bonds is 3. The van der Waals surface area contributed by atoms with Crippen LogP contribution >= 0.6 is 0 Å². The summed E-state index contributed by atoms with van der Waals surface area (Å²) in [6.07, 6.45) is 2.03. The normalized spacial score (nSPS) is 11.5. The van der Waals surface area contributed by atoms with Crippen LogP contribution in [-0.2, 0) is 0 Å². The first kappa shape index (κ1) is 24.3. The van der Waals surface area contributed by atoms with E-state index in [1.165, 1.54) is 77.0 Å². The van der Waals surface area contributed by atoms with Gasteiger partial charge in [0.25, 0.3) is 0 Å². The standard InChI is InChI=1S/C39H31N/c1-24-6-5-7-30(18-24)37-15-9-26(3)38-22-33(23-40-39(37)38)34-16-12-28(20-27(34)4)29-13-17-36-32(21-29)11-10-31-19-25(2)8-14-35(31)36/h5-23H,1-4H3. The number of nitrogens with zero attached hydrogens (tertiary/aromatic N) is 1. The molecule has 0 bridgehead atoms. The summed E-state index contributed by atoms with van der Waals surface area (Å²) in [4.78, 5) is 5.01. The van der Waals surface area contributed by atoms with Crippen molar-refractivity contribution in [1.82, 2.24) is 4.98 Å². The van der Waals surface area contributed by atoms with E-state index >= 15 is 0 Å². The summed E-state index contributed by atoms with van der Waals surface area (Å²) in [5.41, 5.74) is 13.4. The van der Waals surface area contributed by atoms with Gasteiger partial charge in [-0.15, -0.1) is 0 Å². The molecule has 1 heteroatoms. The number of aryl methyl sites for hydroxylation is 4. The minimum Gasteiger partial charge on any atom is -0.255 e. The lowest BCUT2D eigenvalue weighted by Gasteiger charge is -2.13. The Kier molecular flexibility index (Phi) is 5.75. The average Bonchev–Trinajstić information content (AvgIpc) is 2.96.